The Kier molecular flexibility index (Phi) is 6.43. The molecule has 0 aromatic heterocycles. The van der Waals surface area contributed by atoms with Crippen molar-refractivity contribution in [3.05, 3.63) is 29.8 Å². The maximum Gasteiger partial charge on any atom is 0.187 e. The Balaban J connectivity index is 1.44. The molecule has 0 spiro atoms. The summed E-state index contributed by atoms with van der Waals surface area (Å²) in [5.74, 6) is 0. The Morgan fingerprint density at radius 3 is 2.54 bits per heavy atom. The molecule has 130 valence electrons. The topological polar surface area (TPSA) is 48.9 Å². The van der Waals surface area contributed by atoms with Gasteiger partial charge >= 0.3 is 0 Å². The largest absolute Gasteiger partial charge is 0.378 e. The zero-order valence-electron chi connectivity index (χ0n) is 14.0. The Labute approximate surface area is 149 Å². The minimum atomic E-state index is 0.502. The van der Waals surface area contributed by atoms with Gasteiger partial charge in [0.05, 0.1) is 19.4 Å². The zero-order valence-corrected chi connectivity index (χ0v) is 14.9. The lowest BCUT2D eigenvalue weighted by Gasteiger charge is -2.28. The van der Waals surface area contributed by atoms with Crippen LogP contribution in [0, 0.1) is 0 Å². The standard InChI is InChI=1S/C18H26N4OS/c24-18(20-16-4-2-1-3-5-16)21-19-14-15-6-8-17(9-7-15)22-10-12-23-13-11-22/h6-9,14,16H,1-5,10-13H2,(H2,20,21,24)/b19-14+. The summed E-state index contributed by atoms with van der Waals surface area (Å²) >= 11 is 5.30. The van der Waals surface area contributed by atoms with Gasteiger partial charge in [-0.1, -0.05) is 31.4 Å². The fourth-order valence-electron chi connectivity index (χ4n) is 3.22. The Morgan fingerprint density at radius 2 is 1.83 bits per heavy atom. The molecule has 1 heterocycles. The summed E-state index contributed by atoms with van der Waals surface area (Å²) in [5.41, 5.74) is 5.21. The normalized spacial score (nSPS) is 19.4. The quantitative estimate of drug-likeness (QED) is 0.499. The first kappa shape index (κ1) is 17.2. The van der Waals surface area contributed by atoms with Crippen molar-refractivity contribution in [3.8, 4) is 0 Å². The monoisotopic (exact) mass is 346 g/mol. The molecule has 2 N–H and O–H groups in total. The van der Waals surface area contributed by atoms with E-state index in [1.165, 1.54) is 37.8 Å². The maximum absolute atomic E-state index is 5.39. The molecule has 0 bridgehead atoms. The van der Waals surface area contributed by atoms with E-state index in [9.17, 15) is 0 Å². The van der Waals surface area contributed by atoms with Gasteiger partial charge in [-0.2, -0.15) is 5.10 Å². The Bertz CT molecular complexity index is 549. The molecule has 3 rings (SSSR count). The van der Waals surface area contributed by atoms with Gasteiger partial charge in [-0.15, -0.1) is 0 Å². The van der Waals surface area contributed by atoms with Crippen LogP contribution in [0.3, 0.4) is 0 Å². The lowest BCUT2D eigenvalue weighted by molar-refractivity contribution is 0.122. The van der Waals surface area contributed by atoms with Crippen molar-refractivity contribution < 1.29 is 4.74 Å². The van der Waals surface area contributed by atoms with E-state index in [1.807, 2.05) is 0 Å². The molecule has 2 fully saturated rings. The van der Waals surface area contributed by atoms with Crippen LogP contribution in [0.15, 0.2) is 29.4 Å². The first-order valence-corrected chi connectivity index (χ1v) is 9.24. The summed E-state index contributed by atoms with van der Waals surface area (Å²) in [7, 11) is 0. The van der Waals surface area contributed by atoms with E-state index < -0.39 is 0 Å². The number of rotatable bonds is 4. The van der Waals surface area contributed by atoms with Crippen molar-refractivity contribution in [1.82, 2.24) is 10.7 Å². The summed E-state index contributed by atoms with van der Waals surface area (Å²) in [4.78, 5) is 2.34. The maximum atomic E-state index is 5.39. The third-order valence-electron chi connectivity index (χ3n) is 4.59. The van der Waals surface area contributed by atoms with Crippen LogP contribution in [0.5, 0.6) is 0 Å². The average molecular weight is 347 g/mol. The number of ether oxygens (including phenoxy) is 1. The number of benzene rings is 1. The van der Waals surface area contributed by atoms with Gasteiger partial charge in [-0.05, 0) is 42.8 Å². The highest BCUT2D eigenvalue weighted by Crippen LogP contribution is 2.17. The van der Waals surface area contributed by atoms with Crippen LogP contribution in [0.1, 0.15) is 37.7 Å². The second-order valence-corrected chi connectivity index (χ2v) is 6.78. The Hall–Kier alpha value is -1.66. The number of nitrogens with zero attached hydrogens (tertiary/aromatic N) is 2. The molecule has 1 aliphatic carbocycles. The van der Waals surface area contributed by atoms with Crippen molar-refractivity contribution in [3.63, 3.8) is 0 Å². The predicted octanol–water partition coefficient (Wildman–Crippen LogP) is 2.65. The van der Waals surface area contributed by atoms with Crippen LogP contribution >= 0.6 is 12.2 Å². The summed E-state index contributed by atoms with van der Waals surface area (Å²) in [6.45, 7) is 3.52. The molecule has 1 aromatic carbocycles. The molecule has 6 heteroatoms. The first-order valence-electron chi connectivity index (χ1n) is 8.83. The molecule has 2 aliphatic rings. The van der Waals surface area contributed by atoms with Crippen molar-refractivity contribution in [2.24, 2.45) is 5.10 Å². The SMILES string of the molecule is S=C(N/N=C/c1ccc(N2CCOCC2)cc1)NC1CCCCC1. The number of anilines is 1. The molecule has 5 nitrogen and oxygen atoms in total. The summed E-state index contributed by atoms with van der Waals surface area (Å²) < 4.78 is 5.39. The van der Waals surface area contributed by atoms with Gasteiger partial charge in [-0.25, -0.2) is 0 Å². The molecule has 1 aromatic rings. The highest BCUT2D eigenvalue weighted by atomic mass is 32.1. The van der Waals surface area contributed by atoms with E-state index in [4.69, 9.17) is 17.0 Å². The molecule has 1 aliphatic heterocycles. The molecule has 0 atom stereocenters. The van der Waals surface area contributed by atoms with Crippen LogP contribution in [-0.4, -0.2) is 43.7 Å². The van der Waals surface area contributed by atoms with Crippen LogP contribution in [0.4, 0.5) is 5.69 Å². The number of hydrazone groups is 1. The lowest BCUT2D eigenvalue weighted by Crippen LogP contribution is -2.40. The molecule has 0 radical (unpaired) electrons. The van der Waals surface area contributed by atoms with Gasteiger partial charge in [0.2, 0.25) is 0 Å². The van der Waals surface area contributed by atoms with E-state index in [2.05, 4.69) is 45.0 Å². The van der Waals surface area contributed by atoms with Gasteiger partial charge in [0.1, 0.15) is 0 Å². The van der Waals surface area contributed by atoms with Crippen molar-refractivity contribution in [1.29, 1.82) is 0 Å². The molecular weight excluding hydrogens is 320 g/mol. The van der Waals surface area contributed by atoms with E-state index in [1.54, 1.807) is 6.21 Å². The summed E-state index contributed by atoms with van der Waals surface area (Å²) in [6.07, 6.45) is 8.13. The van der Waals surface area contributed by atoms with Crippen LogP contribution in [-0.2, 0) is 4.74 Å². The van der Waals surface area contributed by atoms with E-state index >= 15 is 0 Å². The predicted molar refractivity (Wildman–Crippen MR) is 103 cm³/mol. The minimum Gasteiger partial charge on any atom is -0.378 e. The van der Waals surface area contributed by atoms with Gasteiger partial charge in [-0.3, -0.25) is 5.43 Å². The van der Waals surface area contributed by atoms with Crippen LogP contribution < -0.4 is 15.6 Å². The number of hydrogen-bond donors (Lipinski definition) is 2. The molecule has 1 saturated heterocycles. The molecule has 1 saturated carbocycles. The summed E-state index contributed by atoms with van der Waals surface area (Å²) in [5, 5.41) is 8.20. The van der Waals surface area contributed by atoms with Gasteiger partial charge in [0.25, 0.3) is 0 Å². The summed E-state index contributed by atoms with van der Waals surface area (Å²) in [6, 6.07) is 8.92. The fourth-order valence-corrected chi connectivity index (χ4v) is 3.44. The van der Waals surface area contributed by atoms with Crippen molar-refractivity contribution in [2.75, 3.05) is 31.2 Å². The number of nitrogens with one attached hydrogen (secondary N) is 2. The Morgan fingerprint density at radius 1 is 1.12 bits per heavy atom. The number of morpholine rings is 1. The molecule has 0 unspecified atom stereocenters. The fraction of sp³-hybridized carbons (Fsp3) is 0.556. The highest BCUT2D eigenvalue weighted by molar-refractivity contribution is 7.80. The molecule has 24 heavy (non-hydrogen) atoms. The van der Waals surface area contributed by atoms with Gasteiger partial charge < -0.3 is 15.0 Å². The van der Waals surface area contributed by atoms with Gasteiger partial charge in [0, 0.05) is 24.8 Å². The minimum absolute atomic E-state index is 0.502. The first-order chi connectivity index (χ1) is 11.8. The van der Waals surface area contributed by atoms with E-state index in [0.717, 1.165) is 31.9 Å². The van der Waals surface area contributed by atoms with Crippen LogP contribution in [0.25, 0.3) is 0 Å². The molecule has 0 amide bonds. The van der Waals surface area contributed by atoms with E-state index in [-0.39, 0.29) is 0 Å². The second-order valence-electron chi connectivity index (χ2n) is 6.37. The number of hydrogen-bond acceptors (Lipinski definition) is 4. The second kappa shape index (κ2) is 8.99. The lowest BCUT2D eigenvalue weighted by atomic mass is 9.96. The van der Waals surface area contributed by atoms with Gasteiger partial charge in [0.15, 0.2) is 5.11 Å². The van der Waals surface area contributed by atoms with E-state index in [0.29, 0.717) is 11.2 Å². The van der Waals surface area contributed by atoms with Crippen LogP contribution in [0.2, 0.25) is 0 Å². The van der Waals surface area contributed by atoms with Crippen molar-refractivity contribution >= 4 is 29.2 Å². The molecular formula is C18H26N4OS. The third-order valence-corrected chi connectivity index (χ3v) is 4.80. The smallest absolute Gasteiger partial charge is 0.187 e. The third kappa shape index (κ3) is 5.18. The van der Waals surface area contributed by atoms with Crippen molar-refractivity contribution in [2.45, 2.75) is 38.1 Å². The highest BCUT2D eigenvalue weighted by Gasteiger charge is 2.13. The number of thiocarbonyl (C=S) groups is 1. The average Bonchev–Trinajstić information content (AvgIpc) is 2.64. The zero-order chi connectivity index (χ0) is 16.6.